The van der Waals surface area contributed by atoms with Crippen LogP contribution >= 0.6 is 0 Å². The van der Waals surface area contributed by atoms with E-state index in [1.165, 1.54) is 5.56 Å². The highest BCUT2D eigenvalue weighted by Gasteiger charge is 2.22. The number of rotatable bonds is 5. The van der Waals surface area contributed by atoms with Gasteiger partial charge in [-0.3, -0.25) is 10.1 Å². The van der Waals surface area contributed by atoms with Gasteiger partial charge in [-0.2, -0.15) is 10.1 Å². The zero-order chi connectivity index (χ0) is 22.9. The lowest BCUT2D eigenvalue weighted by molar-refractivity contribution is 0.122. The maximum Gasteiger partial charge on any atom is 0.231 e. The standard InChI is InChI=1S/C25H23N7O2/c1-16-5-4-6-17(13-16)19-15-22(31-30-19)28-25-27-20-14-21(18-7-2-3-8-26-18)34-23(20)24(29-25)32-9-11-33-12-10-32/h2-8,13-15H,9-12H2,1H3,(H2,27,28,29,30,31). The number of aromatic nitrogens is 5. The predicted molar refractivity (Wildman–Crippen MR) is 130 cm³/mol. The number of aromatic amines is 1. The lowest BCUT2D eigenvalue weighted by Gasteiger charge is -2.27. The van der Waals surface area contributed by atoms with Gasteiger partial charge in [0.15, 0.2) is 23.0 Å². The molecule has 0 atom stereocenters. The van der Waals surface area contributed by atoms with E-state index in [2.05, 4.69) is 44.5 Å². The van der Waals surface area contributed by atoms with Gasteiger partial charge in [0.1, 0.15) is 11.2 Å². The maximum atomic E-state index is 6.20. The Bertz CT molecular complexity index is 1440. The van der Waals surface area contributed by atoms with Gasteiger partial charge in [-0.15, -0.1) is 0 Å². The van der Waals surface area contributed by atoms with Crippen LogP contribution in [0.4, 0.5) is 17.6 Å². The van der Waals surface area contributed by atoms with Crippen LogP contribution in [0.25, 0.3) is 33.8 Å². The quantitative estimate of drug-likeness (QED) is 0.399. The van der Waals surface area contributed by atoms with Crippen LogP contribution in [0.2, 0.25) is 0 Å². The third-order valence-corrected chi connectivity index (χ3v) is 5.73. The molecule has 0 spiro atoms. The topological polar surface area (TPSA) is 105 Å². The normalized spacial score (nSPS) is 14.0. The zero-order valence-electron chi connectivity index (χ0n) is 18.7. The smallest absolute Gasteiger partial charge is 0.231 e. The number of aryl methyl sites for hydroxylation is 1. The summed E-state index contributed by atoms with van der Waals surface area (Å²) in [5, 5.41) is 10.7. The second-order valence-corrected chi connectivity index (χ2v) is 8.17. The molecule has 0 unspecified atom stereocenters. The van der Waals surface area contributed by atoms with E-state index in [1.54, 1.807) is 6.20 Å². The summed E-state index contributed by atoms with van der Waals surface area (Å²) in [4.78, 5) is 16.1. The number of hydrogen-bond acceptors (Lipinski definition) is 8. The molecule has 5 aromatic rings. The fourth-order valence-corrected chi connectivity index (χ4v) is 4.06. The first-order valence-corrected chi connectivity index (χ1v) is 11.2. The van der Waals surface area contributed by atoms with E-state index in [-0.39, 0.29) is 0 Å². The lowest BCUT2D eigenvalue weighted by Crippen LogP contribution is -2.37. The molecule has 9 heteroatoms. The van der Waals surface area contributed by atoms with Crippen molar-refractivity contribution in [2.75, 3.05) is 36.5 Å². The number of hydrogen-bond donors (Lipinski definition) is 2. The molecule has 1 saturated heterocycles. The molecule has 2 N–H and O–H groups in total. The molecule has 34 heavy (non-hydrogen) atoms. The summed E-state index contributed by atoms with van der Waals surface area (Å²) in [6, 6.07) is 17.8. The summed E-state index contributed by atoms with van der Waals surface area (Å²) in [7, 11) is 0. The van der Waals surface area contributed by atoms with E-state index in [1.807, 2.05) is 42.5 Å². The number of ether oxygens (including phenoxy) is 1. The Balaban J connectivity index is 1.38. The van der Waals surface area contributed by atoms with Crippen LogP contribution in [0.15, 0.2) is 65.2 Å². The lowest BCUT2D eigenvalue weighted by atomic mass is 10.1. The first-order chi connectivity index (χ1) is 16.7. The summed E-state index contributed by atoms with van der Waals surface area (Å²) in [5.41, 5.74) is 5.26. The molecule has 5 heterocycles. The second-order valence-electron chi connectivity index (χ2n) is 8.17. The van der Waals surface area contributed by atoms with Gasteiger partial charge >= 0.3 is 0 Å². The van der Waals surface area contributed by atoms with Crippen LogP contribution in [0.5, 0.6) is 0 Å². The molecule has 0 saturated carbocycles. The average molecular weight is 454 g/mol. The van der Waals surface area contributed by atoms with E-state index in [0.29, 0.717) is 41.8 Å². The van der Waals surface area contributed by atoms with Crippen molar-refractivity contribution in [3.05, 3.63) is 66.4 Å². The van der Waals surface area contributed by atoms with Crippen LogP contribution in [-0.4, -0.2) is 51.5 Å². The minimum Gasteiger partial charge on any atom is -0.449 e. The Morgan fingerprint density at radius 1 is 1.00 bits per heavy atom. The third-order valence-electron chi connectivity index (χ3n) is 5.73. The first kappa shape index (κ1) is 20.4. The first-order valence-electron chi connectivity index (χ1n) is 11.2. The fraction of sp³-hybridized carbons (Fsp3) is 0.200. The average Bonchev–Trinajstić information content (AvgIpc) is 3.52. The molecule has 0 bridgehead atoms. The van der Waals surface area contributed by atoms with Gasteiger partial charge in [0.2, 0.25) is 5.95 Å². The van der Waals surface area contributed by atoms with Crippen molar-refractivity contribution in [2.24, 2.45) is 0 Å². The Labute approximate surface area is 195 Å². The Kier molecular flexibility index (Phi) is 5.15. The fourth-order valence-electron chi connectivity index (χ4n) is 4.06. The molecular weight excluding hydrogens is 430 g/mol. The van der Waals surface area contributed by atoms with Crippen LogP contribution in [0.1, 0.15) is 5.56 Å². The van der Waals surface area contributed by atoms with Gasteiger partial charge < -0.3 is 19.4 Å². The molecule has 1 aliphatic rings. The van der Waals surface area contributed by atoms with Crippen molar-refractivity contribution >= 4 is 28.7 Å². The number of nitrogens with zero attached hydrogens (tertiary/aromatic N) is 5. The van der Waals surface area contributed by atoms with Gasteiger partial charge in [-0.05, 0) is 30.7 Å². The molecular formula is C25H23N7O2. The molecule has 6 rings (SSSR count). The van der Waals surface area contributed by atoms with Gasteiger partial charge in [-0.25, -0.2) is 4.98 Å². The molecule has 9 nitrogen and oxygen atoms in total. The number of fused-ring (bicyclic) bond motifs is 1. The highest BCUT2D eigenvalue weighted by Crippen LogP contribution is 2.33. The number of H-pyrrole nitrogens is 1. The minimum atomic E-state index is 0.449. The Hall–Kier alpha value is -4.24. The SMILES string of the molecule is Cc1cccc(-c2cc(Nc3nc(N4CCOCC4)c4oc(-c5ccccn5)cc4n3)n[nH]2)c1. The predicted octanol–water partition coefficient (Wildman–Crippen LogP) is 4.56. The van der Waals surface area contributed by atoms with E-state index in [4.69, 9.17) is 19.1 Å². The van der Waals surface area contributed by atoms with Crippen molar-refractivity contribution in [1.29, 1.82) is 0 Å². The van der Waals surface area contributed by atoms with Gasteiger partial charge in [-0.1, -0.05) is 29.8 Å². The summed E-state index contributed by atoms with van der Waals surface area (Å²) >= 11 is 0. The summed E-state index contributed by atoms with van der Waals surface area (Å²) in [5.74, 6) is 2.47. The van der Waals surface area contributed by atoms with Crippen LogP contribution in [0, 0.1) is 6.92 Å². The van der Waals surface area contributed by atoms with E-state index < -0.39 is 0 Å². The molecule has 1 aliphatic heterocycles. The molecule has 0 amide bonds. The highest BCUT2D eigenvalue weighted by atomic mass is 16.5. The third kappa shape index (κ3) is 3.97. The van der Waals surface area contributed by atoms with E-state index in [0.717, 1.165) is 35.9 Å². The van der Waals surface area contributed by atoms with Crippen LogP contribution < -0.4 is 10.2 Å². The van der Waals surface area contributed by atoms with Gasteiger partial charge in [0, 0.05) is 31.4 Å². The van der Waals surface area contributed by atoms with Gasteiger partial charge in [0.05, 0.1) is 18.9 Å². The maximum absolute atomic E-state index is 6.20. The van der Waals surface area contributed by atoms with Crippen molar-refractivity contribution in [3.8, 4) is 22.7 Å². The number of nitrogens with one attached hydrogen (secondary N) is 2. The molecule has 4 aromatic heterocycles. The molecule has 0 aliphatic carbocycles. The number of morpholine rings is 1. The van der Waals surface area contributed by atoms with Crippen molar-refractivity contribution in [1.82, 2.24) is 25.1 Å². The number of pyridine rings is 1. The summed E-state index contributed by atoms with van der Waals surface area (Å²) in [6.45, 7) is 4.80. The van der Waals surface area contributed by atoms with Crippen molar-refractivity contribution in [3.63, 3.8) is 0 Å². The van der Waals surface area contributed by atoms with Crippen LogP contribution in [0.3, 0.4) is 0 Å². The zero-order valence-corrected chi connectivity index (χ0v) is 18.7. The van der Waals surface area contributed by atoms with E-state index >= 15 is 0 Å². The second kappa shape index (κ2) is 8.60. The Morgan fingerprint density at radius 2 is 1.91 bits per heavy atom. The summed E-state index contributed by atoms with van der Waals surface area (Å²) < 4.78 is 11.7. The Morgan fingerprint density at radius 3 is 2.74 bits per heavy atom. The van der Waals surface area contributed by atoms with Crippen molar-refractivity contribution < 1.29 is 9.15 Å². The molecule has 170 valence electrons. The largest absolute Gasteiger partial charge is 0.449 e. The molecule has 1 aromatic carbocycles. The van der Waals surface area contributed by atoms with Crippen molar-refractivity contribution in [2.45, 2.75) is 6.92 Å². The monoisotopic (exact) mass is 453 g/mol. The minimum absolute atomic E-state index is 0.449. The highest BCUT2D eigenvalue weighted by molar-refractivity contribution is 5.89. The van der Waals surface area contributed by atoms with Gasteiger partial charge in [0.25, 0.3) is 0 Å². The van der Waals surface area contributed by atoms with E-state index in [9.17, 15) is 0 Å². The number of furan rings is 1. The molecule has 0 radical (unpaired) electrons. The molecule has 1 fully saturated rings. The van der Waals surface area contributed by atoms with Crippen LogP contribution in [-0.2, 0) is 4.74 Å². The number of anilines is 3. The number of benzene rings is 1. The summed E-state index contributed by atoms with van der Waals surface area (Å²) in [6.07, 6.45) is 1.74.